The minimum Gasteiger partial charge on any atom is -0.354 e. The van der Waals surface area contributed by atoms with Gasteiger partial charge >= 0.3 is 0 Å². The largest absolute Gasteiger partial charge is 0.354 e. The maximum atomic E-state index is 11.9. The van der Waals surface area contributed by atoms with Crippen molar-refractivity contribution < 1.29 is 4.79 Å². The molecule has 2 heterocycles. The molecule has 1 N–H and O–H groups in total. The van der Waals surface area contributed by atoms with Crippen LogP contribution in [0.2, 0.25) is 0 Å². The molecule has 1 aliphatic rings. The molecule has 0 aromatic carbocycles. The minimum atomic E-state index is -0.150. The highest BCUT2D eigenvalue weighted by Crippen LogP contribution is 2.07. The van der Waals surface area contributed by atoms with Crippen molar-refractivity contribution in [2.75, 3.05) is 39.8 Å². The van der Waals surface area contributed by atoms with Gasteiger partial charge in [0.2, 0.25) is 5.91 Å². The molecule has 1 aromatic heterocycles. The van der Waals surface area contributed by atoms with E-state index in [2.05, 4.69) is 29.1 Å². The molecule has 1 unspecified atom stereocenters. The summed E-state index contributed by atoms with van der Waals surface area (Å²) in [5.41, 5.74) is -0.150. The van der Waals surface area contributed by atoms with Crippen molar-refractivity contribution in [1.82, 2.24) is 19.7 Å². The normalized spacial score (nSPS) is 18.1. The molecule has 1 aromatic rings. The smallest absolute Gasteiger partial charge is 0.250 e. The number of likely N-dealkylation sites (N-methyl/N-ethyl adjacent to an activating group) is 1. The number of carbonyl (C=O) groups is 1. The molecule has 122 valence electrons. The van der Waals surface area contributed by atoms with Crippen molar-refractivity contribution in [2.45, 2.75) is 25.9 Å². The highest BCUT2D eigenvalue weighted by Gasteiger charge is 2.18. The van der Waals surface area contributed by atoms with Gasteiger partial charge in [0.1, 0.15) is 6.54 Å². The van der Waals surface area contributed by atoms with Crippen LogP contribution in [0.1, 0.15) is 13.3 Å². The molecule has 1 saturated heterocycles. The monoisotopic (exact) mass is 306 g/mol. The number of nitrogens with one attached hydrogen (secondary N) is 1. The summed E-state index contributed by atoms with van der Waals surface area (Å²) in [5, 5.41) is 2.90. The summed E-state index contributed by atoms with van der Waals surface area (Å²) in [6.07, 6.45) is 2.56. The summed E-state index contributed by atoms with van der Waals surface area (Å²) in [6.45, 7) is 7.33. The Morgan fingerprint density at radius 1 is 1.27 bits per heavy atom. The maximum Gasteiger partial charge on any atom is 0.250 e. The van der Waals surface area contributed by atoms with Gasteiger partial charge in [-0.15, -0.1) is 0 Å². The van der Waals surface area contributed by atoms with E-state index in [0.29, 0.717) is 12.6 Å². The van der Waals surface area contributed by atoms with Crippen LogP contribution in [-0.4, -0.2) is 66.1 Å². The van der Waals surface area contributed by atoms with E-state index in [1.54, 1.807) is 18.3 Å². The predicted octanol–water partition coefficient (Wildman–Crippen LogP) is -0.00950. The second-order valence-corrected chi connectivity index (χ2v) is 5.99. The number of aromatic nitrogens is 1. The van der Waals surface area contributed by atoms with Crippen LogP contribution >= 0.6 is 0 Å². The van der Waals surface area contributed by atoms with Gasteiger partial charge < -0.3 is 14.8 Å². The third kappa shape index (κ3) is 4.96. The Morgan fingerprint density at radius 3 is 2.68 bits per heavy atom. The Balaban J connectivity index is 1.68. The van der Waals surface area contributed by atoms with Crippen molar-refractivity contribution in [1.29, 1.82) is 0 Å². The number of rotatable bonds is 6. The minimum absolute atomic E-state index is 0.0859. The second-order valence-electron chi connectivity index (χ2n) is 5.99. The van der Waals surface area contributed by atoms with Crippen LogP contribution in [0.4, 0.5) is 0 Å². The summed E-state index contributed by atoms with van der Waals surface area (Å²) in [7, 11) is 2.15. The molecule has 1 amide bonds. The van der Waals surface area contributed by atoms with Crippen LogP contribution in [0, 0.1) is 0 Å². The molecule has 1 atom stereocenters. The fraction of sp³-hybridized carbons (Fsp3) is 0.625. The van der Waals surface area contributed by atoms with Crippen molar-refractivity contribution in [3.05, 3.63) is 34.7 Å². The van der Waals surface area contributed by atoms with Gasteiger partial charge in [-0.1, -0.05) is 6.07 Å². The summed E-state index contributed by atoms with van der Waals surface area (Å²) in [5.74, 6) is -0.112. The zero-order valence-corrected chi connectivity index (χ0v) is 13.5. The van der Waals surface area contributed by atoms with Crippen molar-refractivity contribution in [3.63, 3.8) is 0 Å². The van der Waals surface area contributed by atoms with Gasteiger partial charge in [-0.3, -0.25) is 14.5 Å². The second kappa shape index (κ2) is 8.10. The third-order valence-corrected chi connectivity index (χ3v) is 4.26. The van der Waals surface area contributed by atoms with Crippen LogP contribution < -0.4 is 10.9 Å². The molecular formula is C16H26N4O2. The number of carbonyl (C=O) groups excluding carboxylic acids is 1. The highest BCUT2D eigenvalue weighted by atomic mass is 16.2. The molecule has 0 saturated carbocycles. The molecule has 6 heteroatoms. The number of piperazine rings is 1. The summed E-state index contributed by atoms with van der Waals surface area (Å²) in [4.78, 5) is 28.2. The summed E-state index contributed by atoms with van der Waals surface area (Å²) >= 11 is 0. The topological polar surface area (TPSA) is 57.6 Å². The van der Waals surface area contributed by atoms with Crippen molar-refractivity contribution in [3.8, 4) is 0 Å². The van der Waals surface area contributed by atoms with Gasteiger partial charge in [-0.2, -0.15) is 0 Å². The Hall–Kier alpha value is -1.66. The van der Waals surface area contributed by atoms with E-state index >= 15 is 0 Å². The first-order valence-electron chi connectivity index (χ1n) is 7.91. The quantitative estimate of drug-likeness (QED) is 0.803. The van der Waals surface area contributed by atoms with Gasteiger partial charge in [-0.05, 0) is 26.5 Å². The Kier molecular flexibility index (Phi) is 6.15. The lowest BCUT2D eigenvalue weighted by molar-refractivity contribution is -0.121. The Labute approximate surface area is 131 Å². The molecular weight excluding hydrogens is 280 g/mol. The Morgan fingerprint density at radius 2 is 2.00 bits per heavy atom. The van der Waals surface area contributed by atoms with Gasteiger partial charge in [0.05, 0.1) is 0 Å². The molecule has 22 heavy (non-hydrogen) atoms. The lowest BCUT2D eigenvalue weighted by Crippen LogP contribution is -2.48. The first kappa shape index (κ1) is 16.7. The van der Waals surface area contributed by atoms with E-state index in [1.165, 1.54) is 10.6 Å². The zero-order valence-electron chi connectivity index (χ0n) is 13.5. The first-order valence-corrected chi connectivity index (χ1v) is 7.91. The number of hydrogen-bond donors (Lipinski definition) is 1. The fourth-order valence-electron chi connectivity index (χ4n) is 2.67. The van der Waals surface area contributed by atoms with E-state index < -0.39 is 0 Å². The SMILES string of the molecule is CC(CCNC(=O)Cn1ccccc1=O)N1CCN(C)CC1. The molecule has 1 fully saturated rings. The molecule has 0 spiro atoms. The molecule has 1 aliphatic heterocycles. The van der Waals surface area contributed by atoms with Gasteiger partial charge in [-0.25, -0.2) is 0 Å². The lowest BCUT2D eigenvalue weighted by Gasteiger charge is -2.36. The van der Waals surface area contributed by atoms with Crippen LogP contribution in [-0.2, 0) is 11.3 Å². The van der Waals surface area contributed by atoms with Gasteiger partial charge in [0.25, 0.3) is 5.56 Å². The number of nitrogens with zero attached hydrogens (tertiary/aromatic N) is 3. The molecule has 2 rings (SSSR count). The van der Waals surface area contributed by atoms with E-state index in [-0.39, 0.29) is 18.0 Å². The predicted molar refractivity (Wildman–Crippen MR) is 86.9 cm³/mol. The van der Waals surface area contributed by atoms with E-state index in [0.717, 1.165) is 32.6 Å². The van der Waals surface area contributed by atoms with Crippen LogP contribution in [0.15, 0.2) is 29.2 Å². The Bertz CT molecular complexity index is 535. The van der Waals surface area contributed by atoms with Gasteiger partial charge in [0.15, 0.2) is 0 Å². The average molecular weight is 306 g/mol. The standard InChI is InChI=1S/C16H26N4O2/c1-14(19-11-9-18(2)10-12-19)6-7-17-15(21)13-20-8-4-3-5-16(20)22/h3-5,8,14H,6-7,9-13H2,1-2H3,(H,17,21). The lowest BCUT2D eigenvalue weighted by atomic mass is 10.1. The molecule has 0 aliphatic carbocycles. The first-order chi connectivity index (χ1) is 10.6. The third-order valence-electron chi connectivity index (χ3n) is 4.26. The maximum absolute atomic E-state index is 11.9. The van der Waals surface area contributed by atoms with Crippen molar-refractivity contribution >= 4 is 5.91 Å². The molecule has 0 radical (unpaired) electrons. The highest BCUT2D eigenvalue weighted by molar-refractivity contribution is 5.75. The summed E-state index contributed by atoms with van der Waals surface area (Å²) in [6, 6.07) is 5.36. The average Bonchev–Trinajstić information content (AvgIpc) is 2.50. The van der Waals surface area contributed by atoms with E-state index in [9.17, 15) is 9.59 Å². The summed E-state index contributed by atoms with van der Waals surface area (Å²) < 4.78 is 1.42. The number of hydrogen-bond acceptors (Lipinski definition) is 4. The molecule has 6 nitrogen and oxygen atoms in total. The van der Waals surface area contributed by atoms with E-state index in [1.807, 2.05) is 0 Å². The van der Waals surface area contributed by atoms with Crippen LogP contribution in [0.5, 0.6) is 0 Å². The number of pyridine rings is 1. The fourth-order valence-corrected chi connectivity index (χ4v) is 2.67. The van der Waals surface area contributed by atoms with Crippen LogP contribution in [0.3, 0.4) is 0 Å². The van der Waals surface area contributed by atoms with Crippen molar-refractivity contribution in [2.24, 2.45) is 0 Å². The van der Waals surface area contributed by atoms with E-state index in [4.69, 9.17) is 0 Å². The number of amides is 1. The van der Waals surface area contributed by atoms with Crippen LogP contribution in [0.25, 0.3) is 0 Å². The van der Waals surface area contributed by atoms with Gasteiger partial charge in [0, 0.05) is 51.0 Å². The molecule has 0 bridgehead atoms. The zero-order chi connectivity index (χ0) is 15.9.